The number of rotatable bonds is 48. The second kappa shape index (κ2) is 52.1. The van der Waals surface area contributed by atoms with Crippen LogP contribution in [0.1, 0.15) is 212 Å². The van der Waals surface area contributed by atoms with E-state index in [0.29, 0.717) is 19.3 Å². The smallest absolute Gasteiger partial charge is 0.408 e. The molecular formula is C75H143N21O16. The van der Waals surface area contributed by atoms with Gasteiger partial charge in [-0.25, -0.2) is 33.6 Å². The summed E-state index contributed by atoms with van der Waals surface area (Å²) in [5.74, 6) is -5.36. The Morgan fingerprint density at radius 2 is 0.527 bits per heavy atom. The van der Waals surface area contributed by atoms with E-state index in [2.05, 4.69) is 106 Å². The van der Waals surface area contributed by atoms with Gasteiger partial charge in [0.2, 0.25) is 47.3 Å². The average Bonchev–Trinajstić information content (AvgIpc) is 0.870. The Morgan fingerprint density at radius 1 is 0.268 bits per heavy atom. The van der Waals surface area contributed by atoms with Crippen molar-refractivity contribution < 1.29 is 76.7 Å². The number of amides is 21. The minimum absolute atomic E-state index is 0.00492. The third-order valence-corrected chi connectivity index (χ3v) is 17.1. The van der Waals surface area contributed by atoms with E-state index < -0.39 is 180 Å². The molecule has 112 heavy (non-hydrogen) atoms. The summed E-state index contributed by atoms with van der Waals surface area (Å²) in [6.45, 7) is 44.3. The fourth-order valence-electron chi connectivity index (χ4n) is 11.0. The molecule has 0 radical (unpaired) electrons. The zero-order valence-corrected chi connectivity index (χ0v) is 71.3. The van der Waals surface area contributed by atoms with Crippen LogP contribution < -0.4 is 112 Å². The molecule has 0 saturated carbocycles. The predicted octanol–water partition coefficient (Wildman–Crippen LogP) is 2.47. The van der Waals surface area contributed by atoms with Crippen molar-refractivity contribution >= 4 is 89.5 Å². The number of nitrogens with two attached hydrogens (primary N) is 1. The van der Waals surface area contributed by atoms with E-state index in [-0.39, 0.29) is 106 Å². The molecule has 14 unspecified atom stereocenters. The fraction of sp³-hybridized carbons (Fsp3) is 0.800. The molecule has 22 N–H and O–H groups in total. The van der Waals surface area contributed by atoms with Gasteiger partial charge in [0.25, 0.3) is 0 Å². The summed E-state index contributed by atoms with van der Waals surface area (Å²) in [5, 5.41) is 54.4. The van der Waals surface area contributed by atoms with Gasteiger partial charge in [-0.05, 0) is 148 Å². The predicted molar refractivity (Wildman–Crippen MR) is 428 cm³/mol. The highest BCUT2D eigenvalue weighted by Gasteiger charge is 2.34. The molecule has 0 aliphatic rings. The fourth-order valence-corrected chi connectivity index (χ4v) is 11.0. The maximum Gasteiger partial charge on any atom is 0.408 e. The van der Waals surface area contributed by atoms with Crippen LogP contribution in [0.2, 0.25) is 0 Å². The van der Waals surface area contributed by atoms with Gasteiger partial charge in [0, 0.05) is 69.5 Å². The quantitative estimate of drug-likeness (QED) is 0.0416. The lowest BCUT2D eigenvalue weighted by molar-refractivity contribution is -0.134. The van der Waals surface area contributed by atoms with Gasteiger partial charge in [0.05, 0.1) is 6.04 Å². The van der Waals surface area contributed by atoms with Gasteiger partial charge in [0.15, 0.2) is 0 Å². The van der Waals surface area contributed by atoms with Crippen LogP contribution in [0, 0.1) is 47.3 Å². The number of hydrogen-bond donors (Lipinski definition) is 21. The second-order valence-electron chi connectivity index (χ2n) is 33.5. The van der Waals surface area contributed by atoms with Crippen molar-refractivity contribution in [3.63, 3.8) is 0 Å². The molecular weight excluding hydrogens is 1450 g/mol. The first-order chi connectivity index (χ1) is 51.8. The number of primary amides is 1. The highest BCUT2D eigenvalue weighted by molar-refractivity contribution is 5.97. The Hall–Kier alpha value is -9.35. The van der Waals surface area contributed by atoms with Crippen molar-refractivity contribution in [2.45, 2.75) is 302 Å². The van der Waals surface area contributed by atoms with Gasteiger partial charge in [-0.2, -0.15) is 0 Å². The van der Waals surface area contributed by atoms with Crippen molar-refractivity contribution in [3.05, 3.63) is 0 Å². The average molecular weight is 1600 g/mol. The Morgan fingerprint density at radius 3 is 0.848 bits per heavy atom. The Bertz CT molecular complexity index is 3020. The van der Waals surface area contributed by atoms with Crippen LogP contribution in [0.4, 0.5) is 33.6 Å². The number of carbonyl (C=O) groups is 15. The molecule has 0 saturated heterocycles. The van der Waals surface area contributed by atoms with E-state index in [1.165, 1.54) is 27.7 Å². The van der Waals surface area contributed by atoms with E-state index in [0.717, 1.165) is 0 Å². The van der Waals surface area contributed by atoms with Crippen molar-refractivity contribution in [1.29, 1.82) is 0 Å². The van der Waals surface area contributed by atoms with Crippen LogP contribution in [-0.2, 0) is 43.1 Å². The molecule has 0 aliphatic carbocycles. The number of carbonyl (C=O) groups excluding carboxylic acids is 15. The van der Waals surface area contributed by atoms with Crippen LogP contribution in [-0.4, -0.2) is 219 Å². The van der Waals surface area contributed by atoms with Crippen LogP contribution in [0.25, 0.3) is 0 Å². The zero-order valence-electron chi connectivity index (χ0n) is 71.3. The molecule has 37 nitrogen and oxygen atoms in total. The van der Waals surface area contributed by atoms with Crippen LogP contribution in [0.15, 0.2) is 0 Å². The molecule has 0 aliphatic heterocycles. The third kappa shape index (κ3) is 47.1. The molecule has 0 aromatic rings. The maximum atomic E-state index is 13.9. The summed E-state index contributed by atoms with van der Waals surface area (Å²) in [6, 6.07) is -15.4. The molecule has 21 amide bonds. The molecule has 14 atom stereocenters. The number of hydrogen-bond acceptors (Lipinski definition) is 16. The molecule has 0 rings (SSSR count). The van der Waals surface area contributed by atoms with Gasteiger partial charge < -0.3 is 117 Å². The largest absolute Gasteiger partial charge is 0.444 e. The molecule has 0 heterocycles. The van der Waals surface area contributed by atoms with E-state index in [1.54, 1.807) is 34.6 Å². The highest BCUT2D eigenvalue weighted by Crippen LogP contribution is 2.14. The number of alkyl carbamates (subject to hydrolysis) is 1. The molecule has 37 heteroatoms. The van der Waals surface area contributed by atoms with Gasteiger partial charge >= 0.3 is 42.3 Å². The molecule has 0 spiro atoms. The molecule has 0 fully saturated rings. The van der Waals surface area contributed by atoms with E-state index in [1.807, 2.05) is 111 Å². The molecule has 0 bridgehead atoms. The Labute approximate surface area is 664 Å². The number of urea groups is 6. The first kappa shape index (κ1) is 103. The molecule has 644 valence electrons. The summed E-state index contributed by atoms with van der Waals surface area (Å²) in [4.78, 5) is 197. The highest BCUT2D eigenvalue weighted by atomic mass is 16.6. The Kier molecular flexibility index (Phi) is 47.7. The van der Waals surface area contributed by atoms with E-state index in [9.17, 15) is 71.9 Å². The monoisotopic (exact) mass is 1590 g/mol. The lowest BCUT2D eigenvalue weighted by Gasteiger charge is -2.28. The summed E-state index contributed by atoms with van der Waals surface area (Å²) < 4.78 is 5.24. The normalized spacial score (nSPS) is 15.3. The first-order valence-electron chi connectivity index (χ1n) is 39.4. The minimum atomic E-state index is -1.13. The van der Waals surface area contributed by atoms with Crippen molar-refractivity contribution in [2.75, 3.05) is 39.3 Å². The van der Waals surface area contributed by atoms with Gasteiger partial charge in [-0.15, -0.1) is 0 Å². The Balaban J connectivity index is 5.38. The summed E-state index contributed by atoms with van der Waals surface area (Å²) in [6.07, 6.45) is 1.09. The standard InChI is InChI=1S/C75H143N21O16/c1-38(2)26-52(34-79-70(107)87-50(21)63(100)92-55(29-41(7)8)65(102)85-48(19)61(98)91-54(60(76)97)28-40(5)6)89-71(108)77-33-47(18)84-69(106)82-37-59(45(15)16)96-73(110)80-35-53(27-39(3)4)90-72(109)78-32-46(17)83-68(105)81-36-58(44(13)14)95-67(104)57(31-43(11)12)94-62(99)49(20)86-66(103)56(30-42(9)10)93-64(101)51(22)88-74(111)112-75(23,24)25/h38-59H,26-37H2,1-25H3,(H2,76,97)(H,85,102)(H,86,103)(H,88,111)(H,91,98)(H,92,100)(H,93,101)(H,94,99)(H,95,104)(H2,77,89,108)(H2,78,90,109)(H2,79,87,107)(H2,80,96,110)(H2,81,83,105)(H2,82,84,106). The second-order valence-corrected chi connectivity index (χ2v) is 33.5. The van der Waals surface area contributed by atoms with Crippen molar-refractivity contribution in [3.8, 4) is 0 Å². The lowest BCUT2D eigenvalue weighted by Crippen LogP contribution is -2.59. The molecule has 0 aromatic heterocycles. The van der Waals surface area contributed by atoms with Crippen molar-refractivity contribution in [2.24, 2.45) is 53.1 Å². The van der Waals surface area contributed by atoms with Crippen LogP contribution in [0.3, 0.4) is 0 Å². The van der Waals surface area contributed by atoms with Gasteiger partial charge in [-0.1, -0.05) is 111 Å². The van der Waals surface area contributed by atoms with E-state index >= 15 is 0 Å². The summed E-state index contributed by atoms with van der Waals surface area (Å²) in [7, 11) is 0. The van der Waals surface area contributed by atoms with Gasteiger partial charge in [0.1, 0.15) is 53.9 Å². The van der Waals surface area contributed by atoms with E-state index in [4.69, 9.17) is 10.5 Å². The number of nitrogens with one attached hydrogen (secondary N) is 20. The zero-order chi connectivity index (χ0) is 86.2. The lowest BCUT2D eigenvalue weighted by atomic mass is 10.00. The van der Waals surface area contributed by atoms with Crippen molar-refractivity contribution in [1.82, 2.24) is 106 Å². The van der Waals surface area contributed by atoms with Crippen LogP contribution >= 0.6 is 0 Å². The third-order valence-electron chi connectivity index (χ3n) is 17.1. The minimum Gasteiger partial charge on any atom is -0.444 e. The van der Waals surface area contributed by atoms with Gasteiger partial charge in [-0.3, -0.25) is 38.4 Å². The molecule has 0 aromatic carbocycles. The number of ether oxygens (including phenoxy) is 1. The first-order valence-corrected chi connectivity index (χ1v) is 39.4. The SMILES string of the molecule is CC(C)CC(CNC(=O)NC(C)C(=O)NC(CC(C)C)C(=O)NC(C)C(=O)NC(CC(C)C)C(N)=O)NC(=O)NCC(C)NC(=O)NCC(NC(=O)NCC(CC(C)C)NC(=O)NCC(C)NC(=O)NCC(NC(=O)C(CC(C)C)NC(=O)C(C)NC(=O)C(CC(C)C)NC(=O)C(C)NC(=O)OC(C)(C)C)C(C)C)C(C)C. The summed E-state index contributed by atoms with van der Waals surface area (Å²) in [5.41, 5.74) is 4.67. The summed E-state index contributed by atoms with van der Waals surface area (Å²) >= 11 is 0. The topological polar surface area (TPSA) is 532 Å². The van der Waals surface area contributed by atoms with Crippen LogP contribution in [0.5, 0.6) is 0 Å². The maximum absolute atomic E-state index is 13.9.